The van der Waals surface area contributed by atoms with Gasteiger partial charge in [-0.25, -0.2) is 0 Å². The summed E-state index contributed by atoms with van der Waals surface area (Å²) in [5.41, 5.74) is 1.70. The third kappa shape index (κ3) is 5.00. The molecule has 0 saturated heterocycles. The number of hydrogen-bond acceptors (Lipinski definition) is 4. The third-order valence-corrected chi connectivity index (χ3v) is 4.69. The summed E-state index contributed by atoms with van der Waals surface area (Å²) in [7, 11) is 0. The summed E-state index contributed by atoms with van der Waals surface area (Å²) in [4.78, 5) is 6.11. The van der Waals surface area contributed by atoms with Gasteiger partial charge in [-0.2, -0.15) is 13.2 Å². The smallest absolute Gasteiger partial charge is 0.379 e. The van der Waals surface area contributed by atoms with E-state index in [2.05, 4.69) is 17.2 Å². The second-order valence-corrected chi connectivity index (χ2v) is 6.66. The van der Waals surface area contributed by atoms with Crippen LogP contribution in [-0.4, -0.2) is 29.2 Å². The van der Waals surface area contributed by atoms with Crippen LogP contribution >= 0.6 is 23.5 Å². The molecule has 114 valence electrons. The molecule has 1 aliphatic rings. The van der Waals surface area contributed by atoms with Crippen molar-refractivity contribution in [2.45, 2.75) is 18.0 Å². The molecule has 1 aliphatic heterocycles. The van der Waals surface area contributed by atoms with Gasteiger partial charge in [-0.15, -0.1) is 23.5 Å². The standard InChI is InChI=1S/C14H15F3N2S2/c1-2-20-12-4-3-7-18-13(12)11-6-5-10(8-19-11)21-9-14(15,16)17/h3-7,19H,2,8-9H2,1H3. The van der Waals surface area contributed by atoms with E-state index < -0.39 is 11.9 Å². The third-order valence-electron chi connectivity index (χ3n) is 2.64. The minimum atomic E-state index is -4.14. The average molecular weight is 332 g/mol. The van der Waals surface area contributed by atoms with Crippen LogP contribution in [0.4, 0.5) is 13.2 Å². The van der Waals surface area contributed by atoms with Crippen molar-refractivity contribution in [1.29, 1.82) is 0 Å². The maximum absolute atomic E-state index is 12.2. The molecule has 2 nitrogen and oxygen atoms in total. The fourth-order valence-corrected chi connectivity index (χ4v) is 3.25. The van der Waals surface area contributed by atoms with Gasteiger partial charge in [0.25, 0.3) is 0 Å². The highest BCUT2D eigenvalue weighted by Crippen LogP contribution is 2.30. The van der Waals surface area contributed by atoms with E-state index in [1.54, 1.807) is 30.1 Å². The first kappa shape index (κ1) is 16.3. The number of thioether (sulfide) groups is 2. The number of nitrogens with zero attached hydrogens (tertiary/aromatic N) is 1. The van der Waals surface area contributed by atoms with Crippen molar-refractivity contribution >= 4 is 29.2 Å². The highest BCUT2D eigenvalue weighted by atomic mass is 32.2. The van der Waals surface area contributed by atoms with E-state index in [1.165, 1.54) is 0 Å². The molecule has 0 spiro atoms. The number of pyridine rings is 1. The predicted molar refractivity (Wildman–Crippen MR) is 83.2 cm³/mol. The molecule has 0 fully saturated rings. The van der Waals surface area contributed by atoms with Gasteiger partial charge in [-0.05, 0) is 30.0 Å². The molecule has 1 aromatic heterocycles. The van der Waals surface area contributed by atoms with Crippen LogP contribution in [0.15, 0.2) is 40.3 Å². The van der Waals surface area contributed by atoms with Crippen LogP contribution in [0.2, 0.25) is 0 Å². The van der Waals surface area contributed by atoms with Crippen molar-refractivity contribution in [2.75, 3.05) is 18.1 Å². The van der Waals surface area contributed by atoms with E-state index in [9.17, 15) is 13.2 Å². The van der Waals surface area contributed by atoms with Crippen LogP contribution < -0.4 is 5.32 Å². The summed E-state index contributed by atoms with van der Waals surface area (Å²) >= 11 is 2.51. The SMILES string of the molecule is CCSc1cccnc1C1=CC=C(SCC(F)(F)F)CN1. The van der Waals surface area contributed by atoms with Crippen molar-refractivity contribution in [1.82, 2.24) is 10.3 Å². The Kier molecular flexibility index (Phi) is 5.64. The molecule has 0 saturated carbocycles. The van der Waals surface area contributed by atoms with E-state index in [0.717, 1.165) is 33.8 Å². The van der Waals surface area contributed by atoms with Gasteiger partial charge in [0.15, 0.2) is 0 Å². The van der Waals surface area contributed by atoms with E-state index in [1.807, 2.05) is 12.1 Å². The van der Waals surface area contributed by atoms with Gasteiger partial charge < -0.3 is 5.32 Å². The minimum Gasteiger partial charge on any atom is -0.379 e. The number of nitrogens with one attached hydrogen (secondary N) is 1. The zero-order chi connectivity index (χ0) is 15.3. The van der Waals surface area contributed by atoms with Crippen molar-refractivity contribution < 1.29 is 13.2 Å². The molecule has 2 heterocycles. The molecule has 21 heavy (non-hydrogen) atoms. The molecular weight excluding hydrogens is 317 g/mol. The summed E-state index contributed by atoms with van der Waals surface area (Å²) in [5.74, 6) is 0.0821. The van der Waals surface area contributed by atoms with E-state index >= 15 is 0 Å². The van der Waals surface area contributed by atoms with Crippen LogP contribution in [-0.2, 0) is 0 Å². The molecule has 0 aliphatic carbocycles. The van der Waals surface area contributed by atoms with Crippen LogP contribution in [0.1, 0.15) is 12.6 Å². The Morgan fingerprint density at radius 3 is 2.71 bits per heavy atom. The number of alkyl halides is 3. The minimum absolute atomic E-state index is 0.402. The maximum Gasteiger partial charge on any atom is 0.398 e. The topological polar surface area (TPSA) is 24.9 Å². The summed E-state index contributed by atoms with van der Waals surface area (Å²) in [6, 6.07) is 3.88. The molecule has 1 N–H and O–H groups in total. The van der Waals surface area contributed by atoms with Gasteiger partial charge in [0.2, 0.25) is 0 Å². The summed E-state index contributed by atoms with van der Waals surface area (Å²) in [6.45, 7) is 2.47. The first-order valence-corrected chi connectivity index (χ1v) is 8.39. The number of dihydropyridines is 1. The molecule has 0 amide bonds. The monoisotopic (exact) mass is 332 g/mol. The molecular formula is C14H15F3N2S2. The second-order valence-electron chi connectivity index (χ2n) is 4.25. The molecule has 2 rings (SSSR count). The van der Waals surface area contributed by atoms with Gasteiger partial charge in [-0.3, -0.25) is 4.98 Å². The Hall–Kier alpha value is -1.08. The van der Waals surface area contributed by atoms with Crippen LogP contribution in [0, 0.1) is 0 Å². The van der Waals surface area contributed by atoms with E-state index in [-0.39, 0.29) is 0 Å². The van der Waals surface area contributed by atoms with Crippen LogP contribution in [0.25, 0.3) is 5.70 Å². The lowest BCUT2D eigenvalue weighted by Crippen LogP contribution is -2.20. The van der Waals surface area contributed by atoms with Crippen LogP contribution in [0.3, 0.4) is 0 Å². The lowest BCUT2D eigenvalue weighted by atomic mass is 10.2. The number of halogens is 3. The van der Waals surface area contributed by atoms with Gasteiger partial charge in [0.05, 0.1) is 17.1 Å². The van der Waals surface area contributed by atoms with Gasteiger partial charge in [-0.1, -0.05) is 6.92 Å². The average Bonchev–Trinajstić information content (AvgIpc) is 2.46. The number of rotatable bonds is 5. The molecule has 7 heteroatoms. The lowest BCUT2D eigenvalue weighted by Gasteiger charge is -2.18. The molecule has 1 aromatic rings. The van der Waals surface area contributed by atoms with Gasteiger partial charge in [0.1, 0.15) is 0 Å². The highest BCUT2D eigenvalue weighted by Gasteiger charge is 2.27. The molecule has 0 radical (unpaired) electrons. The summed E-state index contributed by atoms with van der Waals surface area (Å²) in [5, 5.41) is 3.15. The first-order chi connectivity index (χ1) is 9.99. The second kappa shape index (κ2) is 7.26. The van der Waals surface area contributed by atoms with Gasteiger partial charge in [0, 0.05) is 22.5 Å². The molecule has 0 aromatic carbocycles. The number of hydrogen-bond donors (Lipinski definition) is 1. The van der Waals surface area contributed by atoms with Gasteiger partial charge >= 0.3 is 6.18 Å². The Balaban J connectivity index is 2.10. The molecule has 0 atom stereocenters. The van der Waals surface area contributed by atoms with Crippen LogP contribution in [0.5, 0.6) is 0 Å². The quantitative estimate of drug-likeness (QED) is 0.812. The highest BCUT2D eigenvalue weighted by molar-refractivity contribution is 8.03. The fraction of sp³-hybridized carbons (Fsp3) is 0.357. The van der Waals surface area contributed by atoms with Crippen molar-refractivity contribution in [3.63, 3.8) is 0 Å². The Morgan fingerprint density at radius 2 is 2.10 bits per heavy atom. The zero-order valence-corrected chi connectivity index (χ0v) is 13.0. The normalized spacial score (nSPS) is 15.2. The van der Waals surface area contributed by atoms with E-state index in [4.69, 9.17) is 0 Å². The number of allylic oxidation sites excluding steroid dienone is 2. The molecule has 0 bridgehead atoms. The maximum atomic E-state index is 12.2. The lowest BCUT2D eigenvalue weighted by molar-refractivity contribution is -0.105. The van der Waals surface area contributed by atoms with Crippen molar-refractivity contribution in [3.05, 3.63) is 41.1 Å². The molecule has 0 unspecified atom stereocenters. The first-order valence-electron chi connectivity index (χ1n) is 6.42. The largest absolute Gasteiger partial charge is 0.398 e. The van der Waals surface area contributed by atoms with Crippen molar-refractivity contribution in [3.8, 4) is 0 Å². The number of aromatic nitrogens is 1. The predicted octanol–water partition coefficient (Wildman–Crippen LogP) is 4.32. The Morgan fingerprint density at radius 1 is 1.29 bits per heavy atom. The van der Waals surface area contributed by atoms with Crippen molar-refractivity contribution in [2.24, 2.45) is 0 Å². The van der Waals surface area contributed by atoms with E-state index in [0.29, 0.717) is 11.4 Å². The summed E-state index contributed by atoms with van der Waals surface area (Å²) < 4.78 is 36.6. The fourth-order valence-electron chi connectivity index (χ4n) is 1.78. The Bertz CT molecular complexity index is 553. The summed E-state index contributed by atoms with van der Waals surface area (Å²) in [6.07, 6.45) is 1.11. The Labute approximate surface area is 130 Å². The zero-order valence-electron chi connectivity index (χ0n) is 11.4.